The van der Waals surface area contributed by atoms with E-state index in [0.29, 0.717) is 0 Å². The molecular weight excluding hydrogens is 693 g/mol. The fourth-order valence-corrected chi connectivity index (χ4v) is 0. The Kier molecular flexibility index (Phi) is 124. The van der Waals surface area contributed by atoms with Crippen LogP contribution >= 0.6 is 0 Å². The van der Waals surface area contributed by atoms with E-state index < -0.39 is 53.7 Å². The van der Waals surface area contributed by atoms with E-state index in [9.17, 15) is 89.1 Å². The fourth-order valence-electron chi connectivity index (χ4n) is 0. The van der Waals surface area contributed by atoms with E-state index in [4.69, 9.17) is 0 Å². The Hall–Kier alpha value is -3.17. The van der Waals surface area contributed by atoms with E-state index in [2.05, 4.69) is 0 Å². The molecule has 21 heteroatoms. The third-order valence-electron chi connectivity index (χ3n) is 2.60. The van der Waals surface area contributed by atoms with Gasteiger partial charge in [0.25, 0.3) is 0 Å². The largest absolute Gasteiger partial charge is 3.00 e. The van der Waals surface area contributed by atoms with Crippen LogP contribution in [0.15, 0.2) is 0 Å². The summed E-state index contributed by atoms with van der Waals surface area (Å²) in [6.07, 6.45) is 1.000. The van der Waals surface area contributed by atoms with Crippen LogP contribution in [-0.4, -0.2) is 106 Å². The zero-order valence-corrected chi connectivity index (χ0v) is 32.4. The van der Waals surface area contributed by atoms with Gasteiger partial charge in [-0.3, -0.25) is 0 Å². The molecular formula is C27H45Al3O18. The van der Waals surface area contributed by atoms with Crippen LogP contribution < -0.4 is 46.0 Å². The maximum absolute atomic E-state index is 9.26. The zero-order valence-electron chi connectivity index (χ0n) is 28.9. The standard InChI is InChI=1S/9C3H6O2.3Al/c9*1-2-3(4)5;;;/h9*2H2,1H3,(H,4,5);;;/q;;;;;;;;;3*+3/p-9. The summed E-state index contributed by atoms with van der Waals surface area (Å²) in [5, 5.41) is 83.3. The number of hydrogen-bond acceptors (Lipinski definition) is 18. The van der Waals surface area contributed by atoms with Crippen LogP contribution in [0, 0.1) is 0 Å². The second kappa shape index (κ2) is 74.6. The number of carboxylic acids is 9. The quantitative estimate of drug-likeness (QED) is 0.198. The van der Waals surface area contributed by atoms with Crippen LogP contribution in [0.3, 0.4) is 0 Å². The maximum Gasteiger partial charge on any atom is 3.00 e. The van der Waals surface area contributed by atoms with Crippen LogP contribution in [0.5, 0.6) is 0 Å². The Labute approximate surface area is 313 Å². The van der Waals surface area contributed by atoms with E-state index in [-0.39, 0.29) is 110 Å². The van der Waals surface area contributed by atoms with Crippen molar-refractivity contribution in [3.05, 3.63) is 0 Å². The minimum Gasteiger partial charge on any atom is -0.550 e. The molecule has 270 valence electrons. The second-order valence-corrected chi connectivity index (χ2v) is 6.53. The van der Waals surface area contributed by atoms with Gasteiger partial charge in [0.2, 0.25) is 0 Å². The van der Waals surface area contributed by atoms with Crippen molar-refractivity contribution in [2.24, 2.45) is 0 Å². The molecule has 0 N–H and O–H groups in total. The summed E-state index contributed by atoms with van der Waals surface area (Å²) in [6, 6.07) is 0. The first kappa shape index (κ1) is 79.9. The molecule has 0 heterocycles. The Morgan fingerprint density at radius 2 is 0.250 bits per heavy atom. The van der Waals surface area contributed by atoms with Gasteiger partial charge in [0.05, 0.1) is 0 Å². The molecule has 0 aliphatic heterocycles. The molecule has 0 radical (unpaired) electrons. The molecule has 0 unspecified atom stereocenters. The summed E-state index contributed by atoms with van der Waals surface area (Å²) in [4.78, 5) is 83.3. The number of carbonyl (C=O) groups is 9. The molecule has 0 bridgehead atoms. The van der Waals surface area contributed by atoms with Crippen LogP contribution in [0.25, 0.3) is 0 Å². The molecule has 0 aromatic heterocycles. The summed E-state index contributed by atoms with van der Waals surface area (Å²) in [6.45, 7) is 13.8. The van der Waals surface area contributed by atoms with Crippen molar-refractivity contribution < 1.29 is 89.1 Å². The average Bonchev–Trinajstić information content (AvgIpc) is 2.99. The van der Waals surface area contributed by atoms with Crippen molar-refractivity contribution in [3.63, 3.8) is 0 Å². The maximum atomic E-state index is 9.26. The van der Waals surface area contributed by atoms with Crippen LogP contribution in [0.2, 0.25) is 0 Å². The number of carboxylic acid groups (broad SMARTS) is 9. The molecule has 48 heavy (non-hydrogen) atoms. The molecule has 0 aliphatic carbocycles. The van der Waals surface area contributed by atoms with E-state index in [1.54, 1.807) is 0 Å². The van der Waals surface area contributed by atoms with E-state index in [1.807, 2.05) is 0 Å². The predicted octanol–water partition coefficient (Wildman–Crippen LogP) is -8.83. The van der Waals surface area contributed by atoms with Gasteiger partial charge in [0, 0.05) is 53.7 Å². The van der Waals surface area contributed by atoms with Crippen molar-refractivity contribution >= 4 is 106 Å². The minimum absolute atomic E-state index is 0. The Morgan fingerprint density at radius 3 is 0.250 bits per heavy atom. The van der Waals surface area contributed by atoms with Crippen LogP contribution in [0.1, 0.15) is 120 Å². The van der Waals surface area contributed by atoms with Gasteiger partial charge in [-0.1, -0.05) is 62.3 Å². The van der Waals surface area contributed by atoms with Crippen molar-refractivity contribution in [2.75, 3.05) is 0 Å². The smallest absolute Gasteiger partial charge is 0.550 e. The summed E-state index contributed by atoms with van der Waals surface area (Å²) in [5.41, 5.74) is 0. The molecule has 0 fully saturated rings. The van der Waals surface area contributed by atoms with Crippen molar-refractivity contribution in [3.8, 4) is 0 Å². The number of rotatable bonds is 9. The summed E-state index contributed by atoms with van der Waals surface area (Å²) in [5.74, 6) is -8.96. The SMILES string of the molecule is CCC(=O)[O-].CCC(=O)[O-].CCC(=O)[O-].CCC(=O)[O-].CCC(=O)[O-].CCC(=O)[O-].CCC(=O)[O-].CCC(=O)[O-].CCC(=O)[O-].[Al+3].[Al+3].[Al+3]. The monoisotopic (exact) mass is 738 g/mol. The molecule has 18 nitrogen and oxygen atoms in total. The van der Waals surface area contributed by atoms with Gasteiger partial charge < -0.3 is 89.1 Å². The Morgan fingerprint density at radius 1 is 0.229 bits per heavy atom. The third-order valence-corrected chi connectivity index (χ3v) is 2.60. The average molecular weight is 739 g/mol. The van der Waals surface area contributed by atoms with E-state index in [1.165, 1.54) is 62.3 Å². The summed E-state index contributed by atoms with van der Waals surface area (Å²) < 4.78 is 0. The first-order chi connectivity index (χ1) is 20.4. The van der Waals surface area contributed by atoms with Gasteiger partial charge >= 0.3 is 52.1 Å². The van der Waals surface area contributed by atoms with Gasteiger partial charge in [-0.2, -0.15) is 0 Å². The minimum atomic E-state index is -0.995. The predicted molar refractivity (Wildman–Crippen MR) is 155 cm³/mol. The first-order valence-electron chi connectivity index (χ1n) is 13.2. The van der Waals surface area contributed by atoms with Gasteiger partial charge in [0.1, 0.15) is 0 Å². The van der Waals surface area contributed by atoms with Crippen molar-refractivity contribution in [2.45, 2.75) is 120 Å². The number of carbonyl (C=O) groups excluding carboxylic acids is 9. The van der Waals surface area contributed by atoms with Gasteiger partial charge in [-0.15, -0.1) is 0 Å². The van der Waals surface area contributed by atoms with Crippen molar-refractivity contribution in [1.29, 1.82) is 0 Å². The normalized spacial score (nSPS) is 6.94. The molecule has 0 amide bonds. The van der Waals surface area contributed by atoms with Gasteiger partial charge in [-0.05, 0) is 57.8 Å². The van der Waals surface area contributed by atoms with Crippen LogP contribution in [-0.2, 0) is 43.2 Å². The molecule has 0 rings (SSSR count). The number of hydrogen-bond donors (Lipinski definition) is 0. The second-order valence-electron chi connectivity index (χ2n) is 6.53. The molecule has 0 saturated carbocycles. The molecule has 0 aliphatic rings. The zero-order chi connectivity index (χ0) is 38.6. The third kappa shape index (κ3) is 341. The first-order valence-corrected chi connectivity index (χ1v) is 13.2. The van der Waals surface area contributed by atoms with Crippen LogP contribution in [0.4, 0.5) is 0 Å². The van der Waals surface area contributed by atoms with E-state index >= 15 is 0 Å². The Balaban J connectivity index is -0.0000000301. The molecule has 0 aromatic rings. The van der Waals surface area contributed by atoms with Gasteiger partial charge in [0.15, 0.2) is 0 Å². The topological polar surface area (TPSA) is 361 Å². The molecule has 0 saturated heterocycles. The Bertz CT molecular complexity index is 577. The molecule has 0 spiro atoms. The summed E-state index contributed by atoms with van der Waals surface area (Å²) in [7, 11) is 0. The van der Waals surface area contributed by atoms with Gasteiger partial charge in [-0.25, -0.2) is 0 Å². The number of aliphatic carboxylic acids is 9. The van der Waals surface area contributed by atoms with E-state index in [0.717, 1.165) is 0 Å². The summed E-state index contributed by atoms with van der Waals surface area (Å²) >= 11 is 0. The fraction of sp³-hybridized carbons (Fsp3) is 0.667. The van der Waals surface area contributed by atoms with Crippen molar-refractivity contribution in [1.82, 2.24) is 0 Å². The molecule has 0 aromatic carbocycles. The molecule has 0 atom stereocenters.